The number of halogens is 1. The Labute approximate surface area is 172 Å². The normalized spacial score (nSPS) is 16.0. The number of hydrogen-bond acceptors (Lipinski definition) is 4. The van der Waals surface area contributed by atoms with Crippen LogP contribution >= 0.6 is 12.4 Å². The molecule has 6 nitrogen and oxygen atoms in total. The minimum Gasteiger partial charge on any atom is -0.329 e. The van der Waals surface area contributed by atoms with Gasteiger partial charge in [-0.3, -0.25) is 4.79 Å². The second kappa shape index (κ2) is 10.0. The van der Waals surface area contributed by atoms with Gasteiger partial charge in [-0.25, -0.2) is 13.1 Å². The van der Waals surface area contributed by atoms with Crippen LogP contribution in [0.3, 0.4) is 0 Å². The molecule has 4 N–H and O–H groups in total. The van der Waals surface area contributed by atoms with Crippen LogP contribution < -0.4 is 15.8 Å². The van der Waals surface area contributed by atoms with Crippen molar-refractivity contribution in [3.8, 4) is 0 Å². The molecule has 28 heavy (non-hydrogen) atoms. The first kappa shape index (κ1) is 22.4. The van der Waals surface area contributed by atoms with Gasteiger partial charge in [0.15, 0.2) is 0 Å². The molecule has 2 aromatic rings. The average Bonchev–Trinajstić information content (AvgIpc) is 2.67. The fourth-order valence-electron chi connectivity index (χ4n) is 3.52. The van der Waals surface area contributed by atoms with E-state index in [9.17, 15) is 13.2 Å². The zero-order valence-electron chi connectivity index (χ0n) is 15.6. The number of benzene rings is 2. The predicted octanol–water partition coefficient (Wildman–Crippen LogP) is 2.79. The largest absolute Gasteiger partial charge is 0.329 e. The molecule has 3 rings (SSSR count). The van der Waals surface area contributed by atoms with Crippen LogP contribution in [-0.2, 0) is 21.2 Å². The maximum atomic E-state index is 12.5. The number of fused-ring (bicyclic) bond motifs is 1. The average molecular weight is 424 g/mol. The molecule has 8 heteroatoms. The summed E-state index contributed by atoms with van der Waals surface area (Å²) in [5.41, 5.74) is 8.39. The first-order chi connectivity index (χ1) is 13.0. The Morgan fingerprint density at radius 3 is 2.71 bits per heavy atom. The first-order valence-corrected chi connectivity index (χ1v) is 10.7. The van der Waals surface area contributed by atoms with Gasteiger partial charge in [0, 0.05) is 25.2 Å². The van der Waals surface area contributed by atoms with Crippen molar-refractivity contribution in [3.05, 3.63) is 59.7 Å². The van der Waals surface area contributed by atoms with Gasteiger partial charge in [0.1, 0.15) is 0 Å². The van der Waals surface area contributed by atoms with E-state index in [0.717, 1.165) is 19.3 Å². The Bertz CT molecular complexity index is 918. The third-order valence-corrected chi connectivity index (χ3v) is 6.25. The van der Waals surface area contributed by atoms with Gasteiger partial charge < -0.3 is 11.1 Å². The summed E-state index contributed by atoms with van der Waals surface area (Å²) in [5.74, 6) is 0.0919. The molecule has 0 fully saturated rings. The number of sulfonamides is 1. The van der Waals surface area contributed by atoms with E-state index in [0.29, 0.717) is 12.1 Å². The topological polar surface area (TPSA) is 101 Å². The molecular weight excluding hydrogens is 398 g/mol. The minimum absolute atomic E-state index is 0. The highest BCUT2D eigenvalue weighted by Gasteiger charge is 2.22. The summed E-state index contributed by atoms with van der Waals surface area (Å²) in [5, 5.41) is 2.83. The van der Waals surface area contributed by atoms with Crippen LogP contribution in [0.4, 0.5) is 5.69 Å². The molecule has 152 valence electrons. The lowest BCUT2D eigenvalue weighted by Gasteiger charge is -2.25. The van der Waals surface area contributed by atoms with Crippen LogP contribution in [0.15, 0.2) is 53.4 Å². The Kier molecular flexibility index (Phi) is 8.00. The minimum atomic E-state index is -3.63. The fourth-order valence-corrected chi connectivity index (χ4v) is 4.61. The van der Waals surface area contributed by atoms with Gasteiger partial charge in [-0.1, -0.05) is 30.3 Å². The van der Waals surface area contributed by atoms with Crippen LogP contribution in [-0.4, -0.2) is 27.4 Å². The van der Waals surface area contributed by atoms with Crippen molar-refractivity contribution in [2.24, 2.45) is 5.73 Å². The number of anilines is 1. The SMILES string of the molecule is Cl.NCCNS(=O)(=O)c1cccc(NC(=O)CC2CCCc3ccccc32)c1. The fraction of sp³-hybridized carbons (Fsp3) is 0.350. The Balaban J connectivity index is 0.00000280. The van der Waals surface area contributed by atoms with Gasteiger partial charge in [0.2, 0.25) is 15.9 Å². The molecule has 0 aromatic heterocycles. The highest BCUT2D eigenvalue weighted by molar-refractivity contribution is 7.89. The number of carbonyl (C=O) groups excluding carboxylic acids is 1. The van der Waals surface area contributed by atoms with E-state index in [-0.39, 0.29) is 42.2 Å². The number of hydrogen-bond donors (Lipinski definition) is 3. The van der Waals surface area contributed by atoms with Crippen molar-refractivity contribution in [1.29, 1.82) is 0 Å². The summed E-state index contributed by atoms with van der Waals surface area (Å²) in [6, 6.07) is 14.5. The first-order valence-electron chi connectivity index (χ1n) is 9.17. The Hall–Kier alpha value is -1.93. The van der Waals surface area contributed by atoms with Crippen LogP contribution in [0.1, 0.15) is 36.3 Å². The zero-order valence-corrected chi connectivity index (χ0v) is 17.2. The van der Waals surface area contributed by atoms with E-state index in [2.05, 4.69) is 22.2 Å². The van der Waals surface area contributed by atoms with Crippen LogP contribution in [0.5, 0.6) is 0 Å². The summed E-state index contributed by atoms with van der Waals surface area (Å²) >= 11 is 0. The van der Waals surface area contributed by atoms with E-state index in [1.54, 1.807) is 12.1 Å². The summed E-state index contributed by atoms with van der Waals surface area (Å²) in [6.45, 7) is 0.387. The van der Waals surface area contributed by atoms with Crippen molar-refractivity contribution in [2.45, 2.75) is 36.5 Å². The molecule has 0 heterocycles. The molecule has 0 radical (unpaired) electrons. The van der Waals surface area contributed by atoms with E-state index in [1.165, 1.54) is 23.3 Å². The van der Waals surface area contributed by atoms with Gasteiger partial charge in [0.05, 0.1) is 4.90 Å². The second-order valence-corrected chi connectivity index (χ2v) is 8.52. The van der Waals surface area contributed by atoms with Crippen molar-refractivity contribution in [2.75, 3.05) is 18.4 Å². The predicted molar refractivity (Wildman–Crippen MR) is 113 cm³/mol. The molecular formula is C20H26ClN3O3S. The number of nitrogens with one attached hydrogen (secondary N) is 2. The molecule has 1 atom stereocenters. The maximum absolute atomic E-state index is 12.5. The molecule has 1 unspecified atom stereocenters. The highest BCUT2D eigenvalue weighted by atomic mass is 35.5. The van der Waals surface area contributed by atoms with Gasteiger partial charge in [0.25, 0.3) is 0 Å². The lowest BCUT2D eigenvalue weighted by atomic mass is 9.81. The summed E-state index contributed by atoms with van der Waals surface area (Å²) in [4.78, 5) is 12.6. The van der Waals surface area contributed by atoms with E-state index in [4.69, 9.17) is 5.73 Å². The highest BCUT2D eigenvalue weighted by Crippen LogP contribution is 2.34. The van der Waals surface area contributed by atoms with Gasteiger partial charge in [-0.15, -0.1) is 12.4 Å². The molecule has 0 spiro atoms. The number of nitrogens with two attached hydrogens (primary N) is 1. The number of amides is 1. The van der Waals surface area contributed by atoms with Crippen LogP contribution in [0.2, 0.25) is 0 Å². The standard InChI is InChI=1S/C20H25N3O3S.ClH/c21-11-12-22-27(25,26)18-9-4-8-17(14-18)23-20(24)13-16-7-3-6-15-5-1-2-10-19(15)16;/h1-2,4-5,8-10,14,16,22H,3,6-7,11-13,21H2,(H,23,24);1H. The smallest absolute Gasteiger partial charge is 0.240 e. The third kappa shape index (κ3) is 5.54. The molecule has 2 aromatic carbocycles. The molecule has 0 saturated carbocycles. The van der Waals surface area contributed by atoms with E-state index < -0.39 is 10.0 Å². The summed E-state index contributed by atoms with van der Waals surface area (Å²) in [7, 11) is -3.63. The monoisotopic (exact) mass is 423 g/mol. The number of rotatable bonds is 7. The molecule has 1 aliphatic rings. The molecule has 1 amide bonds. The molecule has 1 aliphatic carbocycles. The number of aryl methyl sites for hydroxylation is 1. The molecule has 0 saturated heterocycles. The van der Waals surface area contributed by atoms with Gasteiger partial charge in [-0.2, -0.15) is 0 Å². The van der Waals surface area contributed by atoms with Gasteiger partial charge >= 0.3 is 0 Å². The Morgan fingerprint density at radius 1 is 1.14 bits per heavy atom. The maximum Gasteiger partial charge on any atom is 0.240 e. The third-order valence-electron chi connectivity index (χ3n) is 4.79. The quantitative estimate of drug-likeness (QED) is 0.637. The van der Waals surface area contributed by atoms with Crippen molar-refractivity contribution in [3.63, 3.8) is 0 Å². The Morgan fingerprint density at radius 2 is 1.93 bits per heavy atom. The van der Waals surface area contributed by atoms with Gasteiger partial charge in [-0.05, 0) is 54.5 Å². The zero-order chi connectivity index (χ0) is 19.3. The summed E-state index contributed by atoms with van der Waals surface area (Å²) < 4.78 is 26.8. The lowest BCUT2D eigenvalue weighted by molar-refractivity contribution is -0.116. The van der Waals surface area contributed by atoms with E-state index in [1.807, 2.05) is 12.1 Å². The van der Waals surface area contributed by atoms with Crippen molar-refractivity contribution >= 4 is 34.0 Å². The van der Waals surface area contributed by atoms with E-state index >= 15 is 0 Å². The summed E-state index contributed by atoms with van der Waals surface area (Å²) in [6.07, 6.45) is 3.51. The molecule has 0 aliphatic heterocycles. The van der Waals surface area contributed by atoms with Crippen molar-refractivity contribution < 1.29 is 13.2 Å². The second-order valence-electron chi connectivity index (χ2n) is 6.75. The van der Waals surface area contributed by atoms with Crippen molar-refractivity contribution in [1.82, 2.24) is 4.72 Å². The van der Waals surface area contributed by atoms with Crippen LogP contribution in [0, 0.1) is 0 Å². The number of carbonyl (C=O) groups is 1. The molecule has 0 bridgehead atoms. The lowest BCUT2D eigenvalue weighted by Crippen LogP contribution is -2.29. The van der Waals surface area contributed by atoms with Crippen LogP contribution in [0.25, 0.3) is 0 Å².